The second-order valence-corrected chi connectivity index (χ2v) is 28.9. The van der Waals surface area contributed by atoms with Gasteiger partial charge >= 0.3 is 38.0 Å². The van der Waals surface area contributed by atoms with Gasteiger partial charge in [-0.25, -0.2) is 0 Å². The predicted octanol–water partition coefficient (Wildman–Crippen LogP) is 14.6. The summed E-state index contributed by atoms with van der Waals surface area (Å²) in [7, 11) is -14.8. The second kappa shape index (κ2) is 61.7. The van der Waals surface area contributed by atoms with E-state index in [-0.39, 0.29) is 19.5 Å². The van der Waals surface area contributed by atoms with E-state index in [0.29, 0.717) is 104 Å². The molecule has 0 atom stereocenters. The van der Waals surface area contributed by atoms with Crippen LogP contribution in [0.1, 0.15) is 189 Å². The van der Waals surface area contributed by atoms with Gasteiger partial charge in [-0.05, 0) is 144 Å². The van der Waals surface area contributed by atoms with E-state index >= 15 is 0 Å². The highest BCUT2D eigenvalue weighted by Crippen LogP contribution is 2.52. The average molecular weight is 1290 g/mol. The molecule has 0 spiro atoms. The number of hydrogen-bond donors (Lipinski definition) is 2. The number of rotatable bonds is 52. The van der Waals surface area contributed by atoms with Crippen LogP contribution in [0.15, 0.2) is 0 Å². The van der Waals surface area contributed by atoms with Crippen molar-refractivity contribution in [3.05, 3.63) is 0 Å². The first-order valence-electron chi connectivity index (χ1n) is 31.3. The molecule has 22 nitrogen and oxygen atoms in total. The Labute approximate surface area is 503 Å². The summed E-state index contributed by atoms with van der Waals surface area (Å²) >= 11 is 0. The summed E-state index contributed by atoms with van der Waals surface area (Å²) in [4.78, 5) is 10.2. The van der Waals surface area contributed by atoms with Crippen molar-refractivity contribution in [3.8, 4) is 0 Å². The SMILES string of the molecule is CCCN(CCC)CP(=O)(OCC)OCC.CCCOP(=O)(CN(CC)CC)OCCC.CCCOP(=O)(CN(CCC)CCC)OCCC.CCCOP(=O)(CN(CCO)CCO)OCCC.CCOP(=O)(CN(CC)CC)OCC. The Morgan fingerprint density at radius 2 is 0.415 bits per heavy atom. The molecule has 502 valence electrons. The summed E-state index contributed by atoms with van der Waals surface area (Å²) in [6.07, 6.45) is 10.9. The smallest absolute Gasteiger partial charge is 0.344 e. The molecule has 0 rings (SSSR count). The lowest BCUT2D eigenvalue weighted by atomic mass is 10.4. The van der Waals surface area contributed by atoms with Crippen molar-refractivity contribution in [1.82, 2.24) is 24.5 Å². The van der Waals surface area contributed by atoms with Crippen molar-refractivity contribution in [2.75, 3.05) is 176 Å². The minimum atomic E-state index is -3.16. The molecule has 0 radical (unpaired) electrons. The minimum absolute atomic E-state index is 0.0540. The third-order valence-electron chi connectivity index (χ3n) is 10.9. The minimum Gasteiger partial charge on any atom is -0.395 e. The maximum atomic E-state index is 12.6. The Morgan fingerprint density at radius 3 is 0.561 bits per heavy atom. The maximum Gasteiger partial charge on any atom is 0.344 e. The molecule has 0 fully saturated rings. The molecule has 0 aromatic heterocycles. The van der Waals surface area contributed by atoms with Crippen LogP contribution >= 0.6 is 38.0 Å². The molecule has 0 amide bonds. The molecular weight excluding hydrogens is 1160 g/mol. The average Bonchev–Trinajstić information content (AvgIpc) is 3.45. The van der Waals surface area contributed by atoms with Crippen LogP contribution < -0.4 is 0 Å². The zero-order valence-corrected chi connectivity index (χ0v) is 60.1. The molecule has 0 aliphatic carbocycles. The van der Waals surface area contributed by atoms with Crippen LogP contribution in [0, 0.1) is 0 Å². The summed E-state index contributed by atoms with van der Waals surface area (Å²) in [6.45, 7) is 48.2. The molecule has 0 aliphatic heterocycles. The van der Waals surface area contributed by atoms with Crippen LogP contribution in [-0.4, -0.2) is 211 Å². The topological polar surface area (TPSA) is 234 Å². The lowest BCUT2D eigenvalue weighted by Gasteiger charge is -2.26. The number of nitrogens with zero attached hydrogens (tertiary/aromatic N) is 5. The van der Waals surface area contributed by atoms with Gasteiger partial charge in [-0.3, -0.25) is 47.3 Å². The van der Waals surface area contributed by atoms with Crippen LogP contribution in [0.4, 0.5) is 0 Å². The van der Waals surface area contributed by atoms with Crippen molar-refractivity contribution < 1.29 is 78.3 Å². The van der Waals surface area contributed by atoms with Crippen molar-refractivity contribution in [2.45, 2.75) is 189 Å². The van der Waals surface area contributed by atoms with Crippen molar-refractivity contribution in [2.24, 2.45) is 0 Å². The van der Waals surface area contributed by atoms with Gasteiger partial charge < -0.3 is 55.5 Å². The van der Waals surface area contributed by atoms with Crippen molar-refractivity contribution in [1.29, 1.82) is 0 Å². The Hall–Kier alpha value is 0.470. The van der Waals surface area contributed by atoms with E-state index in [1.165, 1.54) is 0 Å². The zero-order chi connectivity index (χ0) is 63.6. The summed E-state index contributed by atoms with van der Waals surface area (Å²) in [5, 5.41) is 17.8. The maximum absolute atomic E-state index is 12.6. The molecule has 2 N–H and O–H groups in total. The van der Waals surface area contributed by atoms with Gasteiger partial charge in [0, 0.05) is 13.1 Å². The van der Waals surface area contributed by atoms with Crippen molar-refractivity contribution >= 4 is 38.0 Å². The van der Waals surface area contributed by atoms with Gasteiger partial charge in [-0.1, -0.05) is 96.9 Å². The summed E-state index contributed by atoms with van der Waals surface area (Å²) in [5.41, 5.74) is 0. The van der Waals surface area contributed by atoms with Crippen molar-refractivity contribution in [3.63, 3.8) is 0 Å². The summed E-state index contributed by atoms with van der Waals surface area (Å²) < 4.78 is 115. The largest absolute Gasteiger partial charge is 0.395 e. The fourth-order valence-corrected chi connectivity index (χ4v) is 16.8. The van der Waals surface area contributed by atoms with Crippen LogP contribution in [0.5, 0.6) is 0 Å². The van der Waals surface area contributed by atoms with E-state index in [1.54, 1.807) is 4.90 Å². The van der Waals surface area contributed by atoms with E-state index in [1.807, 2.05) is 102 Å². The van der Waals surface area contributed by atoms with Gasteiger partial charge in [0.25, 0.3) is 0 Å². The molecule has 0 unspecified atom stereocenters. The molecule has 0 saturated carbocycles. The van der Waals surface area contributed by atoms with Crippen LogP contribution in [0.2, 0.25) is 0 Å². The second-order valence-electron chi connectivity index (χ2n) is 18.8. The summed E-state index contributed by atoms with van der Waals surface area (Å²) in [6, 6.07) is 0. The van der Waals surface area contributed by atoms with E-state index in [2.05, 4.69) is 42.4 Å². The van der Waals surface area contributed by atoms with Gasteiger partial charge in [-0.2, -0.15) is 0 Å². The highest BCUT2D eigenvalue weighted by molar-refractivity contribution is 7.54. The van der Waals surface area contributed by atoms with E-state index in [0.717, 1.165) is 117 Å². The predicted molar refractivity (Wildman–Crippen MR) is 342 cm³/mol. The van der Waals surface area contributed by atoms with Crippen LogP contribution in [0.3, 0.4) is 0 Å². The molecule has 0 aliphatic rings. The standard InChI is InChI=1S/C13H30NO3P.C11H26NO5P.2C11H26NO3P.C9H22NO3P/c1-5-9-14(10-6-2)13-18(15,16-11-7-3)17-12-8-4;1-3-9-16-18(15,17-10-4-2)11-12(5-7-13)6-8-14;1-5-9-12(10-6-2)11-16(13,14-7-3)15-8-4;1-5-9-14-16(13,15-10-6-2)11-12(7-3)8-4;1-5-10(6-2)9-14(11,12-7-3)13-8-4/h5-13H2,1-4H3;13-14H,3-11H2,1-2H3;2*5-11H2,1-4H3;5-9H2,1-4H3. The number of aliphatic hydroxyl groups excluding tert-OH is 2. The number of aliphatic hydroxyl groups is 2. The van der Waals surface area contributed by atoms with Gasteiger partial charge in [0.1, 0.15) is 31.4 Å². The third kappa shape index (κ3) is 53.5. The Balaban J connectivity index is -0.000000302. The molecule has 82 heavy (non-hydrogen) atoms. The normalized spacial score (nSPS) is 12.3. The molecule has 0 bridgehead atoms. The van der Waals surface area contributed by atoms with Gasteiger partial charge in [-0.15, -0.1) is 0 Å². The lowest BCUT2D eigenvalue weighted by molar-refractivity contribution is 0.151. The van der Waals surface area contributed by atoms with Gasteiger partial charge in [0.05, 0.1) is 79.3 Å². The molecule has 27 heteroatoms. The Bertz CT molecular complexity index is 1480. The van der Waals surface area contributed by atoms with E-state index in [9.17, 15) is 22.8 Å². The molecule has 0 heterocycles. The van der Waals surface area contributed by atoms with Crippen LogP contribution in [0.25, 0.3) is 0 Å². The fourth-order valence-electron chi connectivity index (χ4n) is 7.14. The molecular formula is C55H130N5O17P5. The van der Waals surface area contributed by atoms with E-state index in [4.69, 9.17) is 55.5 Å². The van der Waals surface area contributed by atoms with Gasteiger partial charge in [0.15, 0.2) is 0 Å². The first-order chi connectivity index (χ1) is 39.1. The Kier molecular flexibility index (Phi) is 68.6. The first kappa shape index (κ1) is 91.2. The van der Waals surface area contributed by atoms with Crippen LogP contribution in [-0.2, 0) is 68.1 Å². The number of hydrogen-bond acceptors (Lipinski definition) is 22. The highest BCUT2D eigenvalue weighted by Gasteiger charge is 2.30. The van der Waals surface area contributed by atoms with Gasteiger partial charge in [0.2, 0.25) is 0 Å². The zero-order valence-electron chi connectivity index (χ0n) is 55.7. The lowest BCUT2D eigenvalue weighted by Crippen LogP contribution is -2.31. The monoisotopic (exact) mass is 1290 g/mol. The third-order valence-corrected chi connectivity index (χ3v) is 20.7. The molecule has 0 saturated heterocycles. The Morgan fingerprint density at radius 1 is 0.244 bits per heavy atom. The highest BCUT2D eigenvalue weighted by atomic mass is 31.2. The fraction of sp³-hybridized carbons (Fsp3) is 1.00. The van der Waals surface area contributed by atoms with E-state index < -0.39 is 38.0 Å². The quantitative estimate of drug-likeness (QED) is 0.0539. The summed E-state index contributed by atoms with van der Waals surface area (Å²) in [5.74, 6) is 0. The first-order valence-corrected chi connectivity index (χ1v) is 39.9. The molecule has 0 aromatic rings. The molecule has 0 aromatic carbocycles.